The normalized spacial score (nSPS) is 26.9. The summed E-state index contributed by atoms with van der Waals surface area (Å²) in [5.74, 6) is 0.521. The van der Waals surface area contributed by atoms with Crippen LogP contribution in [0.15, 0.2) is 23.1 Å². The molecule has 0 bridgehead atoms. The van der Waals surface area contributed by atoms with Gasteiger partial charge in [-0.15, -0.1) is 0 Å². The molecule has 1 saturated heterocycles. The summed E-state index contributed by atoms with van der Waals surface area (Å²) in [5, 5.41) is 0. The molecule has 5 nitrogen and oxygen atoms in total. The van der Waals surface area contributed by atoms with Gasteiger partial charge in [0.1, 0.15) is 0 Å². The lowest BCUT2D eigenvalue weighted by Gasteiger charge is -2.19. The number of nitrogen functional groups attached to an aromatic ring is 1. The molecule has 1 aromatic rings. The molecule has 1 aliphatic carbocycles. The number of hydrogen-bond donors (Lipinski definition) is 2. The quantitative estimate of drug-likeness (QED) is 0.823. The van der Waals surface area contributed by atoms with Gasteiger partial charge in [-0.1, -0.05) is 0 Å². The van der Waals surface area contributed by atoms with E-state index in [1.165, 1.54) is 6.07 Å². The predicted molar refractivity (Wildman–Crippen MR) is 76.8 cm³/mol. The van der Waals surface area contributed by atoms with Crippen molar-refractivity contribution in [3.8, 4) is 0 Å². The average molecular weight is 296 g/mol. The summed E-state index contributed by atoms with van der Waals surface area (Å²) in [7, 11) is -3.54. The van der Waals surface area contributed by atoms with Crippen molar-refractivity contribution < 1.29 is 13.2 Å². The molecular weight excluding hydrogens is 276 g/mol. The topological polar surface area (TPSA) is 81.4 Å². The molecule has 1 saturated carbocycles. The van der Waals surface area contributed by atoms with Crippen LogP contribution in [0.4, 0.5) is 5.69 Å². The monoisotopic (exact) mass is 296 g/mol. The van der Waals surface area contributed by atoms with Gasteiger partial charge in [0.25, 0.3) is 0 Å². The van der Waals surface area contributed by atoms with Crippen molar-refractivity contribution in [2.24, 2.45) is 5.92 Å². The van der Waals surface area contributed by atoms with Crippen LogP contribution in [0.2, 0.25) is 0 Å². The molecule has 6 heteroatoms. The molecule has 2 atom stereocenters. The maximum Gasteiger partial charge on any atom is 0.240 e. The largest absolute Gasteiger partial charge is 0.399 e. The highest BCUT2D eigenvalue weighted by molar-refractivity contribution is 7.89. The molecule has 0 spiro atoms. The first-order chi connectivity index (χ1) is 9.45. The second-order valence-electron chi connectivity index (χ2n) is 5.77. The molecule has 3 rings (SSSR count). The Labute approximate surface area is 119 Å². The molecule has 1 aromatic carbocycles. The highest BCUT2D eigenvalue weighted by Crippen LogP contribution is 2.39. The minimum absolute atomic E-state index is 0.0342. The van der Waals surface area contributed by atoms with E-state index in [1.807, 2.05) is 6.92 Å². The molecule has 0 aromatic heterocycles. The van der Waals surface area contributed by atoms with Gasteiger partial charge < -0.3 is 10.5 Å². The minimum Gasteiger partial charge on any atom is -0.399 e. The summed E-state index contributed by atoms with van der Waals surface area (Å²) < 4.78 is 33.4. The number of rotatable bonds is 4. The van der Waals surface area contributed by atoms with Crippen LogP contribution in [0, 0.1) is 12.8 Å². The van der Waals surface area contributed by atoms with E-state index in [4.69, 9.17) is 10.5 Å². The number of anilines is 1. The Morgan fingerprint density at radius 1 is 1.25 bits per heavy atom. The summed E-state index contributed by atoms with van der Waals surface area (Å²) in [6.07, 6.45) is 3.05. The fourth-order valence-corrected chi connectivity index (χ4v) is 4.24. The molecule has 2 unspecified atom stereocenters. The first-order valence-corrected chi connectivity index (χ1v) is 8.45. The van der Waals surface area contributed by atoms with Crippen molar-refractivity contribution in [3.05, 3.63) is 23.8 Å². The molecule has 3 N–H and O–H groups in total. The van der Waals surface area contributed by atoms with E-state index >= 15 is 0 Å². The van der Waals surface area contributed by atoms with E-state index < -0.39 is 10.0 Å². The van der Waals surface area contributed by atoms with Gasteiger partial charge in [-0.05, 0) is 55.9 Å². The SMILES string of the molecule is Cc1cc(N)cc(S(=O)(=O)NC2CCOC2C2CC2)c1. The van der Waals surface area contributed by atoms with E-state index in [0.29, 0.717) is 18.2 Å². The molecule has 0 amide bonds. The molecule has 2 fully saturated rings. The Morgan fingerprint density at radius 2 is 2.00 bits per heavy atom. The molecule has 1 aliphatic heterocycles. The maximum atomic E-state index is 12.5. The Hall–Kier alpha value is -1.11. The second kappa shape index (κ2) is 5.02. The highest BCUT2D eigenvalue weighted by Gasteiger charge is 2.42. The Morgan fingerprint density at radius 3 is 2.65 bits per heavy atom. The van der Waals surface area contributed by atoms with Crippen molar-refractivity contribution in [3.63, 3.8) is 0 Å². The van der Waals surface area contributed by atoms with Gasteiger partial charge in [0.05, 0.1) is 17.0 Å². The summed E-state index contributed by atoms with van der Waals surface area (Å²) in [6, 6.07) is 4.78. The molecule has 20 heavy (non-hydrogen) atoms. The van der Waals surface area contributed by atoms with E-state index in [0.717, 1.165) is 24.8 Å². The summed E-state index contributed by atoms with van der Waals surface area (Å²) in [5.41, 5.74) is 7.04. The molecule has 0 radical (unpaired) electrons. The minimum atomic E-state index is -3.54. The fourth-order valence-electron chi connectivity index (χ4n) is 2.83. The lowest BCUT2D eigenvalue weighted by Crippen LogP contribution is -2.41. The maximum absolute atomic E-state index is 12.5. The van der Waals surface area contributed by atoms with Crippen LogP contribution in [0.25, 0.3) is 0 Å². The Balaban J connectivity index is 1.81. The lowest BCUT2D eigenvalue weighted by molar-refractivity contribution is 0.0848. The zero-order valence-corrected chi connectivity index (χ0v) is 12.3. The third-order valence-corrected chi connectivity index (χ3v) is 5.38. The third-order valence-electron chi connectivity index (χ3n) is 3.91. The Kier molecular flexibility index (Phi) is 3.48. The average Bonchev–Trinajstić information content (AvgIpc) is 3.09. The number of nitrogens with two attached hydrogens (primary N) is 1. The molecule has 1 heterocycles. The van der Waals surface area contributed by atoms with Gasteiger partial charge in [-0.25, -0.2) is 13.1 Å². The molecular formula is C14H20N2O3S. The van der Waals surface area contributed by atoms with Crippen molar-refractivity contribution in [1.82, 2.24) is 4.72 Å². The van der Waals surface area contributed by atoms with E-state index in [2.05, 4.69) is 4.72 Å². The summed E-state index contributed by atoms with van der Waals surface area (Å²) in [4.78, 5) is 0.233. The summed E-state index contributed by atoms with van der Waals surface area (Å²) in [6.45, 7) is 2.46. The fraction of sp³-hybridized carbons (Fsp3) is 0.571. The van der Waals surface area contributed by atoms with Crippen LogP contribution in [-0.2, 0) is 14.8 Å². The van der Waals surface area contributed by atoms with Crippen LogP contribution >= 0.6 is 0 Å². The van der Waals surface area contributed by atoms with E-state index in [9.17, 15) is 8.42 Å². The van der Waals surface area contributed by atoms with Crippen molar-refractivity contribution in [2.75, 3.05) is 12.3 Å². The van der Waals surface area contributed by atoms with Crippen LogP contribution in [0.3, 0.4) is 0 Å². The number of sulfonamides is 1. The lowest BCUT2D eigenvalue weighted by atomic mass is 10.1. The third kappa shape index (κ3) is 2.82. The second-order valence-corrected chi connectivity index (χ2v) is 7.48. The first-order valence-electron chi connectivity index (χ1n) is 6.97. The zero-order chi connectivity index (χ0) is 14.3. The van der Waals surface area contributed by atoms with Crippen LogP contribution in [0.5, 0.6) is 0 Å². The number of hydrogen-bond acceptors (Lipinski definition) is 4. The van der Waals surface area contributed by atoms with Crippen molar-refractivity contribution in [1.29, 1.82) is 0 Å². The van der Waals surface area contributed by atoms with Gasteiger partial charge >= 0.3 is 0 Å². The van der Waals surface area contributed by atoms with Gasteiger partial charge in [0, 0.05) is 12.3 Å². The number of nitrogens with one attached hydrogen (secondary N) is 1. The predicted octanol–water partition coefficient (Wildman–Crippen LogP) is 1.42. The van der Waals surface area contributed by atoms with Crippen LogP contribution in [0.1, 0.15) is 24.8 Å². The van der Waals surface area contributed by atoms with E-state index in [1.54, 1.807) is 12.1 Å². The van der Waals surface area contributed by atoms with E-state index in [-0.39, 0.29) is 17.0 Å². The van der Waals surface area contributed by atoms with Gasteiger partial charge in [-0.2, -0.15) is 0 Å². The molecule has 2 aliphatic rings. The Bertz CT molecular complexity index is 591. The van der Waals surface area contributed by atoms with Gasteiger partial charge in [0.2, 0.25) is 10.0 Å². The smallest absolute Gasteiger partial charge is 0.240 e. The zero-order valence-electron chi connectivity index (χ0n) is 11.5. The first kappa shape index (κ1) is 13.9. The standard InChI is InChI=1S/C14H20N2O3S/c1-9-6-11(15)8-12(7-9)20(17,18)16-13-4-5-19-14(13)10-2-3-10/h6-8,10,13-14,16H,2-5,15H2,1H3. The highest BCUT2D eigenvalue weighted by atomic mass is 32.2. The number of ether oxygens (including phenoxy) is 1. The van der Waals surface area contributed by atoms with Crippen LogP contribution < -0.4 is 10.5 Å². The van der Waals surface area contributed by atoms with Crippen molar-refractivity contribution in [2.45, 2.75) is 43.2 Å². The summed E-state index contributed by atoms with van der Waals surface area (Å²) >= 11 is 0. The van der Waals surface area contributed by atoms with Gasteiger partial charge in [0.15, 0.2) is 0 Å². The number of benzene rings is 1. The van der Waals surface area contributed by atoms with Crippen LogP contribution in [-0.4, -0.2) is 27.2 Å². The van der Waals surface area contributed by atoms with Gasteiger partial charge in [-0.3, -0.25) is 0 Å². The molecule has 110 valence electrons. The van der Waals surface area contributed by atoms with Crippen molar-refractivity contribution >= 4 is 15.7 Å². The number of aryl methyl sites for hydroxylation is 1.